The van der Waals surface area contributed by atoms with Gasteiger partial charge in [-0.2, -0.15) is 0 Å². The summed E-state index contributed by atoms with van der Waals surface area (Å²) in [6.07, 6.45) is 6.01. The van der Waals surface area contributed by atoms with Crippen LogP contribution in [-0.2, 0) is 9.53 Å². The average molecular weight is 268 g/mol. The van der Waals surface area contributed by atoms with E-state index >= 15 is 0 Å². The summed E-state index contributed by atoms with van der Waals surface area (Å²) in [6, 6.07) is 0.513. The van der Waals surface area contributed by atoms with Crippen molar-refractivity contribution in [3.63, 3.8) is 0 Å². The third-order valence-corrected chi connectivity index (χ3v) is 4.11. The Balaban J connectivity index is 1.64. The van der Waals surface area contributed by atoms with Crippen molar-refractivity contribution in [1.82, 2.24) is 10.2 Å². The Labute approximate surface area is 116 Å². The molecule has 2 aliphatic rings. The predicted molar refractivity (Wildman–Crippen MR) is 76.0 cm³/mol. The summed E-state index contributed by atoms with van der Waals surface area (Å²) in [5, 5.41) is 3.03. The molecule has 1 heterocycles. The van der Waals surface area contributed by atoms with Gasteiger partial charge in [0, 0.05) is 19.2 Å². The minimum atomic E-state index is 0.0668. The van der Waals surface area contributed by atoms with Crippen molar-refractivity contribution < 1.29 is 9.53 Å². The number of nitrogens with zero attached hydrogens (tertiary/aromatic N) is 1. The van der Waals surface area contributed by atoms with Crippen molar-refractivity contribution in [1.29, 1.82) is 0 Å². The monoisotopic (exact) mass is 268 g/mol. The van der Waals surface area contributed by atoms with Crippen LogP contribution in [0.1, 0.15) is 46.0 Å². The molecule has 1 amide bonds. The molecule has 4 nitrogen and oxygen atoms in total. The van der Waals surface area contributed by atoms with Gasteiger partial charge in [0.05, 0.1) is 12.6 Å². The fourth-order valence-electron chi connectivity index (χ4n) is 2.75. The van der Waals surface area contributed by atoms with Crippen LogP contribution in [-0.4, -0.2) is 49.2 Å². The van der Waals surface area contributed by atoms with Gasteiger partial charge in [0.15, 0.2) is 0 Å². The van der Waals surface area contributed by atoms with Crippen LogP contribution in [0.3, 0.4) is 0 Å². The van der Waals surface area contributed by atoms with Gasteiger partial charge in [-0.25, -0.2) is 0 Å². The Morgan fingerprint density at radius 3 is 2.79 bits per heavy atom. The number of ether oxygens (including phenoxy) is 1. The summed E-state index contributed by atoms with van der Waals surface area (Å²) in [4.78, 5) is 14.5. The van der Waals surface area contributed by atoms with Crippen molar-refractivity contribution in [2.75, 3.05) is 26.3 Å². The topological polar surface area (TPSA) is 41.6 Å². The third-order valence-electron chi connectivity index (χ3n) is 4.11. The third kappa shape index (κ3) is 4.77. The average Bonchev–Trinajstić information content (AvgIpc) is 3.22. The molecule has 110 valence electrons. The molecule has 1 unspecified atom stereocenters. The van der Waals surface area contributed by atoms with E-state index in [4.69, 9.17) is 4.74 Å². The molecule has 4 heteroatoms. The second kappa shape index (κ2) is 7.25. The standard InChI is InChI=1S/C15H28N2O2/c1-12(2)17-9-4-3-5-14(17)15(18)16-8-10-19-11-13-6-7-13/h12-14H,3-11H2,1-2H3,(H,16,18). The van der Waals surface area contributed by atoms with Crippen LogP contribution in [0.4, 0.5) is 0 Å². The normalized spacial score (nSPS) is 24.7. The summed E-state index contributed by atoms with van der Waals surface area (Å²) in [6.45, 7) is 7.56. The summed E-state index contributed by atoms with van der Waals surface area (Å²) in [5.41, 5.74) is 0. The Hall–Kier alpha value is -0.610. The van der Waals surface area contributed by atoms with Gasteiger partial charge >= 0.3 is 0 Å². The highest BCUT2D eigenvalue weighted by molar-refractivity contribution is 5.81. The van der Waals surface area contributed by atoms with Crippen LogP contribution in [0.5, 0.6) is 0 Å². The summed E-state index contributed by atoms with van der Waals surface area (Å²) in [5.74, 6) is 0.980. The van der Waals surface area contributed by atoms with Crippen molar-refractivity contribution in [3.8, 4) is 0 Å². The maximum absolute atomic E-state index is 12.2. The maximum Gasteiger partial charge on any atom is 0.237 e. The molecule has 0 bridgehead atoms. The molecular weight excluding hydrogens is 240 g/mol. The molecule has 1 aliphatic carbocycles. The molecule has 1 atom stereocenters. The van der Waals surface area contributed by atoms with Crippen LogP contribution < -0.4 is 5.32 Å². The van der Waals surface area contributed by atoms with Gasteiger partial charge < -0.3 is 10.1 Å². The van der Waals surface area contributed by atoms with E-state index < -0.39 is 0 Å². The van der Waals surface area contributed by atoms with Crippen molar-refractivity contribution in [2.24, 2.45) is 5.92 Å². The number of hydrogen-bond acceptors (Lipinski definition) is 3. The zero-order valence-corrected chi connectivity index (χ0v) is 12.4. The van der Waals surface area contributed by atoms with Gasteiger partial charge in [-0.3, -0.25) is 9.69 Å². The lowest BCUT2D eigenvalue weighted by molar-refractivity contribution is -0.128. The molecule has 2 fully saturated rings. The molecule has 1 saturated carbocycles. The second-order valence-electron chi connectivity index (χ2n) is 6.15. The molecule has 19 heavy (non-hydrogen) atoms. The van der Waals surface area contributed by atoms with E-state index in [0.717, 1.165) is 25.5 Å². The highest BCUT2D eigenvalue weighted by atomic mass is 16.5. The first kappa shape index (κ1) is 14.8. The Kier molecular flexibility index (Phi) is 5.64. The predicted octanol–water partition coefficient (Wildman–Crippen LogP) is 1.79. The molecule has 0 aromatic rings. The molecule has 0 aromatic heterocycles. The van der Waals surface area contributed by atoms with Gasteiger partial charge in [-0.1, -0.05) is 6.42 Å². The molecule has 2 rings (SSSR count). The fraction of sp³-hybridized carbons (Fsp3) is 0.933. The fourth-order valence-corrected chi connectivity index (χ4v) is 2.75. The van der Waals surface area contributed by atoms with E-state index in [0.29, 0.717) is 19.2 Å². The maximum atomic E-state index is 12.2. The molecule has 1 saturated heterocycles. The van der Waals surface area contributed by atoms with Gasteiger partial charge in [0.25, 0.3) is 0 Å². The number of carbonyl (C=O) groups is 1. The highest BCUT2D eigenvalue weighted by Crippen LogP contribution is 2.28. The SMILES string of the molecule is CC(C)N1CCCCC1C(=O)NCCOCC1CC1. The Morgan fingerprint density at radius 2 is 2.11 bits per heavy atom. The molecule has 0 spiro atoms. The number of rotatable bonds is 7. The van der Waals surface area contributed by atoms with Crippen molar-refractivity contribution >= 4 is 5.91 Å². The number of amides is 1. The largest absolute Gasteiger partial charge is 0.379 e. The van der Waals surface area contributed by atoms with Gasteiger partial charge in [0.2, 0.25) is 5.91 Å². The van der Waals surface area contributed by atoms with Gasteiger partial charge in [-0.15, -0.1) is 0 Å². The van der Waals surface area contributed by atoms with E-state index in [1.807, 2.05) is 0 Å². The zero-order chi connectivity index (χ0) is 13.7. The number of hydrogen-bond donors (Lipinski definition) is 1. The summed E-state index contributed by atoms with van der Waals surface area (Å²) >= 11 is 0. The van der Waals surface area contributed by atoms with Crippen molar-refractivity contribution in [2.45, 2.75) is 58.0 Å². The van der Waals surface area contributed by atoms with Gasteiger partial charge in [0.1, 0.15) is 0 Å². The second-order valence-corrected chi connectivity index (χ2v) is 6.15. The highest BCUT2D eigenvalue weighted by Gasteiger charge is 2.29. The first-order valence-corrected chi connectivity index (χ1v) is 7.79. The van der Waals surface area contributed by atoms with E-state index in [1.54, 1.807) is 0 Å². The summed E-state index contributed by atoms with van der Waals surface area (Å²) < 4.78 is 5.54. The van der Waals surface area contributed by atoms with Gasteiger partial charge in [-0.05, 0) is 52.0 Å². The number of likely N-dealkylation sites (tertiary alicyclic amines) is 1. The smallest absolute Gasteiger partial charge is 0.237 e. The van der Waals surface area contributed by atoms with E-state index in [-0.39, 0.29) is 11.9 Å². The van der Waals surface area contributed by atoms with E-state index in [9.17, 15) is 4.79 Å². The van der Waals surface area contributed by atoms with Crippen molar-refractivity contribution in [3.05, 3.63) is 0 Å². The lowest BCUT2D eigenvalue weighted by atomic mass is 10.00. The minimum Gasteiger partial charge on any atom is -0.379 e. The van der Waals surface area contributed by atoms with Crippen LogP contribution in [0.15, 0.2) is 0 Å². The van der Waals surface area contributed by atoms with Crippen LogP contribution in [0.25, 0.3) is 0 Å². The number of piperidine rings is 1. The van der Waals surface area contributed by atoms with E-state index in [2.05, 4.69) is 24.1 Å². The molecule has 0 aromatic carbocycles. The van der Waals surface area contributed by atoms with Crippen LogP contribution in [0, 0.1) is 5.92 Å². The summed E-state index contributed by atoms with van der Waals surface area (Å²) in [7, 11) is 0. The Bertz CT molecular complexity index is 290. The van der Waals surface area contributed by atoms with Crippen LogP contribution in [0.2, 0.25) is 0 Å². The number of carbonyl (C=O) groups excluding carboxylic acids is 1. The lowest BCUT2D eigenvalue weighted by Gasteiger charge is -2.37. The number of nitrogens with one attached hydrogen (secondary N) is 1. The molecule has 1 aliphatic heterocycles. The minimum absolute atomic E-state index is 0.0668. The Morgan fingerprint density at radius 1 is 1.32 bits per heavy atom. The first-order valence-electron chi connectivity index (χ1n) is 7.79. The zero-order valence-electron chi connectivity index (χ0n) is 12.4. The lowest BCUT2D eigenvalue weighted by Crippen LogP contribution is -2.52. The first-order chi connectivity index (χ1) is 9.18. The van der Waals surface area contributed by atoms with Crippen LogP contribution >= 0.6 is 0 Å². The molecular formula is C15H28N2O2. The molecule has 0 radical (unpaired) electrons. The molecule has 1 N–H and O–H groups in total. The quantitative estimate of drug-likeness (QED) is 0.716. The van der Waals surface area contributed by atoms with E-state index in [1.165, 1.54) is 25.7 Å².